The van der Waals surface area contributed by atoms with Crippen molar-refractivity contribution in [2.75, 3.05) is 12.0 Å². The fraction of sp³-hybridized carbons (Fsp3) is 0.100. The van der Waals surface area contributed by atoms with E-state index in [0.29, 0.717) is 6.73 Å². The Morgan fingerprint density at radius 3 is 2.31 bits per heavy atom. The second-order valence-electron chi connectivity index (χ2n) is 2.47. The summed E-state index contributed by atoms with van der Waals surface area (Å²) in [6.45, 7) is 0.380. The van der Waals surface area contributed by atoms with Crippen LogP contribution in [-0.4, -0.2) is 13.1 Å². The van der Waals surface area contributed by atoms with Crippen molar-refractivity contribution < 1.29 is 74.9 Å². The minimum Gasteiger partial charge on any atom is -0.657 e. The Bertz CT molecular complexity index is 291. The molecular formula is C10H12N2O2Y2-2. The summed E-state index contributed by atoms with van der Waals surface area (Å²) >= 11 is 0. The van der Waals surface area contributed by atoms with Crippen molar-refractivity contribution in [2.24, 2.45) is 4.99 Å². The number of ether oxygens (including phenoxy) is 2. The molecule has 1 aromatic carbocycles. The molecule has 0 fully saturated rings. The Labute approximate surface area is 146 Å². The summed E-state index contributed by atoms with van der Waals surface area (Å²) in [5, 5.41) is 3.00. The number of nitrogens with zero attached hydrogens (tertiary/aromatic N) is 1. The van der Waals surface area contributed by atoms with E-state index < -0.39 is 0 Å². The van der Waals surface area contributed by atoms with Gasteiger partial charge in [0.1, 0.15) is 6.40 Å². The van der Waals surface area contributed by atoms with Crippen LogP contribution in [-0.2, 0) is 74.9 Å². The third-order valence-corrected chi connectivity index (χ3v) is 1.52. The van der Waals surface area contributed by atoms with Gasteiger partial charge in [-0.25, -0.2) is 12.1 Å². The van der Waals surface area contributed by atoms with E-state index in [1.807, 2.05) is 24.3 Å². The van der Waals surface area contributed by atoms with E-state index >= 15 is 0 Å². The van der Waals surface area contributed by atoms with Crippen molar-refractivity contribution in [2.45, 2.75) is 0 Å². The van der Waals surface area contributed by atoms with Crippen molar-refractivity contribution in [3.05, 3.63) is 38.5 Å². The molecule has 4 nitrogen and oxygen atoms in total. The van der Waals surface area contributed by atoms with Crippen LogP contribution in [0.3, 0.4) is 0 Å². The molecule has 0 heterocycles. The second-order valence-corrected chi connectivity index (χ2v) is 2.47. The average Bonchev–Trinajstić information content (AvgIpc) is 2.25. The van der Waals surface area contributed by atoms with Crippen LogP contribution >= 0.6 is 0 Å². The first-order valence-electron chi connectivity index (χ1n) is 4.01. The van der Waals surface area contributed by atoms with E-state index in [0.717, 1.165) is 11.4 Å². The summed E-state index contributed by atoms with van der Waals surface area (Å²) in [7, 11) is 6.42. The van der Waals surface area contributed by atoms with Gasteiger partial charge in [-0.15, -0.1) is 0 Å². The molecule has 0 aliphatic carbocycles. The third-order valence-electron chi connectivity index (χ3n) is 1.52. The Balaban J connectivity index is 0. The molecule has 1 N–H and O–H groups in total. The van der Waals surface area contributed by atoms with Crippen LogP contribution in [0.1, 0.15) is 0 Å². The number of aliphatic imine (C=N–C) groups is 1. The molecule has 2 radical (unpaired) electrons. The quantitative estimate of drug-likeness (QED) is 0.375. The molecule has 0 aliphatic heterocycles. The molecular weight excluding hydrogens is 358 g/mol. The predicted molar refractivity (Wildman–Crippen MR) is 56.0 cm³/mol. The molecule has 0 atom stereocenters. The van der Waals surface area contributed by atoms with Gasteiger partial charge in [0.2, 0.25) is 0 Å². The molecule has 1 rings (SSSR count). The Hall–Kier alpha value is 0.658. The summed E-state index contributed by atoms with van der Waals surface area (Å²) in [5.41, 5.74) is 1.75. The van der Waals surface area contributed by atoms with E-state index in [1.165, 1.54) is 6.40 Å². The van der Waals surface area contributed by atoms with E-state index in [2.05, 4.69) is 34.0 Å². The standard InChI is InChI=1S/C10H12N2O2.2Y/c1-13-7-11-9-3-5-10(6-4-9)12-8-14-2;;/h3-7,12H,1-2,8H2;;/q-2;;. The van der Waals surface area contributed by atoms with Crippen LogP contribution in [0.25, 0.3) is 0 Å². The summed E-state index contributed by atoms with van der Waals surface area (Å²) < 4.78 is 9.08. The molecule has 0 amide bonds. The molecule has 0 saturated carbocycles. The van der Waals surface area contributed by atoms with Crippen molar-refractivity contribution in [3.63, 3.8) is 0 Å². The Morgan fingerprint density at radius 1 is 1.19 bits per heavy atom. The number of hydrogen-bond acceptors (Lipinski definition) is 4. The minimum atomic E-state index is 0. The van der Waals surface area contributed by atoms with Gasteiger partial charge in [-0.1, -0.05) is 0 Å². The van der Waals surface area contributed by atoms with Gasteiger partial charge < -0.3 is 14.8 Å². The molecule has 0 saturated heterocycles. The zero-order valence-electron chi connectivity index (χ0n) is 8.93. The number of hydrogen-bond donors (Lipinski definition) is 1. The number of rotatable bonds is 5. The second kappa shape index (κ2) is 12.1. The van der Waals surface area contributed by atoms with E-state index in [9.17, 15) is 0 Å². The maximum atomic E-state index is 4.62. The first kappa shape index (κ1) is 19.0. The molecule has 16 heavy (non-hydrogen) atoms. The number of anilines is 1. The van der Waals surface area contributed by atoms with Crippen LogP contribution in [0.4, 0.5) is 11.4 Å². The van der Waals surface area contributed by atoms with Crippen molar-refractivity contribution in [1.29, 1.82) is 0 Å². The van der Waals surface area contributed by atoms with Crippen LogP contribution in [0.15, 0.2) is 29.3 Å². The first-order valence-corrected chi connectivity index (χ1v) is 4.01. The largest absolute Gasteiger partial charge is 0.657 e. The van der Waals surface area contributed by atoms with Crippen LogP contribution < -0.4 is 5.32 Å². The summed E-state index contributed by atoms with van der Waals surface area (Å²) in [6, 6.07) is 7.46. The van der Waals surface area contributed by atoms with E-state index in [1.54, 1.807) is 0 Å². The van der Waals surface area contributed by atoms with Crippen molar-refractivity contribution in [1.82, 2.24) is 0 Å². The third kappa shape index (κ3) is 7.85. The van der Waals surface area contributed by atoms with Gasteiger partial charge in [-0.3, -0.25) is 0 Å². The van der Waals surface area contributed by atoms with Gasteiger partial charge >= 0.3 is 0 Å². The smallest absolute Gasteiger partial charge is 0.142 e. The Morgan fingerprint density at radius 2 is 1.81 bits per heavy atom. The zero-order valence-corrected chi connectivity index (χ0v) is 14.6. The Kier molecular flexibility index (Phi) is 14.4. The summed E-state index contributed by atoms with van der Waals surface area (Å²) in [6.07, 6.45) is 1.28. The molecule has 1 aromatic rings. The van der Waals surface area contributed by atoms with Crippen LogP contribution in [0.5, 0.6) is 0 Å². The molecule has 6 heteroatoms. The van der Waals surface area contributed by atoms with Gasteiger partial charge in [0, 0.05) is 71.1 Å². The van der Waals surface area contributed by atoms with E-state index in [-0.39, 0.29) is 65.4 Å². The van der Waals surface area contributed by atoms with Crippen LogP contribution in [0, 0.1) is 14.2 Å². The molecule has 0 spiro atoms. The fourth-order valence-corrected chi connectivity index (χ4v) is 0.898. The molecule has 0 unspecified atom stereocenters. The maximum Gasteiger partial charge on any atom is 0.142 e. The van der Waals surface area contributed by atoms with Gasteiger partial charge in [-0.2, -0.15) is 7.11 Å². The minimum absolute atomic E-state index is 0. The van der Waals surface area contributed by atoms with E-state index in [4.69, 9.17) is 0 Å². The average molecular weight is 370 g/mol. The maximum absolute atomic E-state index is 4.62. The number of benzene rings is 1. The molecule has 82 valence electrons. The first-order chi connectivity index (χ1) is 6.86. The van der Waals surface area contributed by atoms with Gasteiger partial charge in [-0.05, 0) is 24.3 Å². The molecule has 0 aromatic heterocycles. The topological polar surface area (TPSA) is 42.8 Å². The van der Waals surface area contributed by atoms with Gasteiger partial charge in [0.15, 0.2) is 0 Å². The monoisotopic (exact) mass is 370 g/mol. The predicted octanol–water partition coefficient (Wildman–Crippen LogP) is 2.33. The summed E-state index contributed by atoms with van der Waals surface area (Å²) in [4.78, 5) is 3.97. The van der Waals surface area contributed by atoms with Crippen molar-refractivity contribution in [3.8, 4) is 0 Å². The molecule has 0 aliphatic rings. The SMILES string of the molecule is [CH2-]OC=Nc1ccc(NCO[CH2-])cc1.[Y].[Y]. The summed E-state index contributed by atoms with van der Waals surface area (Å²) in [5.74, 6) is 0. The van der Waals surface area contributed by atoms with Crippen LogP contribution in [0.2, 0.25) is 0 Å². The fourth-order valence-electron chi connectivity index (χ4n) is 0.898. The zero-order chi connectivity index (χ0) is 10.2. The van der Waals surface area contributed by atoms with Gasteiger partial charge in [0.05, 0.1) is 12.4 Å². The normalized spacial score (nSPS) is 9.12. The van der Waals surface area contributed by atoms with Crippen molar-refractivity contribution >= 4 is 17.8 Å². The molecule has 0 bridgehead atoms. The number of nitrogens with one attached hydrogen (secondary N) is 1. The van der Waals surface area contributed by atoms with Gasteiger partial charge in [0.25, 0.3) is 0 Å².